The van der Waals surface area contributed by atoms with Gasteiger partial charge in [-0.25, -0.2) is 4.39 Å². The van der Waals surface area contributed by atoms with Crippen molar-refractivity contribution in [1.82, 2.24) is 0 Å². The molecule has 0 saturated heterocycles. The van der Waals surface area contributed by atoms with Crippen molar-refractivity contribution in [2.75, 3.05) is 11.4 Å². The van der Waals surface area contributed by atoms with Crippen LogP contribution in [0.5, 0.6) is 0 Å². The molecule has 0 saturated carbocycles. The monoisotopic (exact) mass is 333 g/mol. The molecule has 2 aromatic carbocycles. The Morgan fingerprint density at radius 1 is 1.20 bits per heavy atom. The van der Waals surface area contributed by atoms with E-state index in [4.69, 9.17) is 0 Å². The van der Waals surface area contributed by atoms with Crippen LogP contribution in [0.1, 0.15) is 22.8 Å². The summed E-state index contributed by atoms with van der Waals surface area (Å²) in [4.78, 5) is 13.8. The smallest absolute Gasteiger partial charge is 0.161 e. The van der Waals surface area contributed by atoms with Crippen LogP contribution in [0.2, 0.25) is 0 Å². The summed E-state index contributed by atoms with van der Waals surface area (Å²) < 4.78 is 14.3. The summed E-state index contributed by atoms with van der Waals surface area (Å²) in [5.41, 5.74) is 3.46. The van der Waals surface area contributed by atoms with E-state index in [1.165, 1.54) is 12.1 Å². The quantitative estimate of drug-likeness (QED) is 0.755. The highest BCUT2D eigenvalue weighted by atomic mass is 79.9. The van der Waals surface area contributed by atoms with Crippen molar-refractivity contribution in [2.24, 2.45) is 0 Å². The highest BCUT2D eigenvalue weighted by Crippen LogP contribution is 2.37. The molecule has 102 valence electrons. The molecular formula is C16H13BrFNO. The fourth-order valence-corrected chi connectivity index (χ4v) is 2.99. The number of hydrogen-bond donors (Lipinski definition) is 0. The van der Waals surface area contributed by atoms with Gasteiger partial charge >= 0.3 is 0 Å². The van der Waals surface area contributed by atoms with Crippen LogP contribution in [0.3, 0.4) is 0 Å². The summed E-state index contributed by atoms with van der Waals surface area (Å²) in [5, 5.41) is 0. The molecule has 0 N–H and O–H groups in total. The molecule has 1 aliphatic heterocycles. The Morgan fingerprint density at radius 2 is 2.00 bits per heavy atom. The Bertz CT molecular complexity index is 699. The van der Waals surface area contributed by atoms with Crippen LogP contribution in [-0.2, 0) is 6.42 Å². The lowest BCUT2D eigenvalue weighted by atomic mass is 10.1. The number of anilines is 2. The third kappa shape index (κ3) is 2.24. The van der Waals surface area contributed by atoms with Crippen molar-refractivity contribution in [2.45, 2.75) is 13.3 Å². The molecule has 2 aromatic rings. The second kappa shape index (κ2) is 5.02. The van der Waals surface area contributed by atoms with Crippen molar-refractivity contribution in [3.05, 3.63) is 57.8 Å². The molecule has 1 heterocycles. The lowest BCUT2D eigenvalue weighted by Gasteiger charge is -2.22. The zero-order valence-corrected chi connectivity index (χ0v) is 12.6. The van der Waals surface area contributed by atoms with E-state index >= 15 is 0 Å². The molecular weight excluding hydrogens is 321 g/mol. The number of ketones is 1. The van der Waals surface area contributed by atoms with Crippen molar-refractivity contribution in [1.29, 1.82) is 0 Å². The molecule has 2 nitrogen and oxygen atoms in total. The Kier molecular flexibility index (Phi) is 3.34. The van der Waals surface area contributed by atoms with Gasteiger partial charge in [0.25, 0.3) is 0 Å². The first kappa shape index (κ1) is 13.3. The van der Waals surface area contributed by atoms with Gasteiger partial charge in [0.2, 0.25) is 0 Å². The average Bonchev–Trinajstić information content (AvgIpc) is 2.81. The molecule has 1 aliphatic rings. The van der Waals surface area contributed by atoms with Gasteiger partial charge in [0, 0.05) is 22.3 Å². The number of carbonyl (C=O) groups is 1. The Balaban J connectivity index is 2.13. The van der Waals surface area contributed by atoms with Gasteiger partial charge in [0.05, 0.1) is 5.69 Å². The van der Waals surface area contributed by atoms with Gasteiger partial charge in [-0.1, -0.05) is 22.0 Å². The van der Waals surface area contributed by atoms with Crippen LogP contribution in [0.4, 0.5) is 15.8 Å². The first-order valence-corrected chi connectivity index (χ1v) is 7.22. The molecule has 3 rings (SSSR count). The number of carbonyl (C=O) groups excluding carboxylic acids is 1. The fourth-order valence-electron chi connectivity index (χ4n) is 2.63. The summed E-state index contributed by atoms with van der Waals surface area (Å²) in [6.07, 6.45) is 0.864. The number of rotatable bonds is 2. The fraction of sp³-hybridized carbons (Fsp3) is 0.188. The molecule has 0 unspecified atom stereocenters. The third-order valence-electron chi connectivity index (χ3n) is 3.57. The molecule has 20 heavy (non-hydrogen) atoms. The Morgan fingerprint density at radius 3 is 2.75 bits per heavy atom. The summed E-state index contributed by atoms with van der Waals surface area (Å²) in [5.74, 6) is -0.247. The molecule has 0 fully saturated rings. The number of fused-ring (bicyclic) bond motifs is 1. The minimum absolute atomic E-state index is 0.00570. The molecule has 0 bridgehead atoms. The van der Waals surface area contributed by atoms with Crippen LogP contribution in [0, 0.1) is 5.82 Å². The summed E-state index contributed by atoms with van der Waals surface area (Å²) in [7, 11) is 0. The van der Waals surface area contributed by atoms with Gasteiger partial charge < -0.3 is 4.90 Å². The topological polar surface area (TPSA) is 20.3 Å². The first-order chi connectivity index (χ1) is 9.56. The maximum atomic E-state index is 13.5. The predicted molar refractivity (Wildman–Crippen MR) is 81.3 cm³/mol. The normalized spacial score (nSPS) is 13.4. The Labute approximate surface area is 125 Å². The average molecular weight is 334 g/mol. The molecule has 0 atom stereocenters. The number of nitrogens with zero attached hydrogens (tertiary/aromatic N) is 1. The zero-order valence-electron chi connectivity index (χ0n) is 11.0. The molecule has 0 aromatic heterocycles. The first-order valence-electron chi connectivity index (χ1n) is 6.43. The van der Waals surface area contributed by atoms with Gasteiger partial charge in [-0.05, 0) is 49.2 Å². The summed E-state index contributed by atoms with van der Waals surface area (Å²) >= 11 is 3.39. The van der Waals surface area contributed by atoms with Crippen LogP contribution in [-0.4, -0.2) is 12.3 Å². The van der Waals surface area contributed by atoms with Crippen molar-refractivity contribution >= 4 is 33.1 Å². The van der Waals surface area contributed by atoms with Crippen LogP contribution >= 0.6 is 15.9 Å². The molecule has 0 aliphatic carbocycles. The van der Waals surface area contributed by atoms with E-state index in [2.05, 4.69) is 15.9 Å². The number of benzene rings is 2. The number of Topliss-reactive ketones (excluding diaryl/α,β-unsaturated/α-hetero) is 1. The van der Waals surface area contributed by atoms with Gasteiger partial charge in [0.1, 0.15) is 5.82 Å². The van der Waals surface area contributed by atoms with Crippen LogP contribution in [0.15, 0.2) is 40.9 Å². The highest BCUT2D eigenvalue weighted by Gasteiger charge is 2.24. The van der Waals surface area contributed by atoms with E-state index in [0.29, 0.717) is 5.56 Å². The molecule has 0 amide bonds. The second-order valence-electron chi connectivity index (χ2n) is 4.89. The minimum Gasteiger partial charge on any atom is -0.340 e. The van der Waals surface area contributed by atoms with Gasteiger partial charge in [0.15, 0.2) is 5.78 Å². The van der Waals surface area contributed by atoms with Crippen molar-refractivity contribution < 1.29 is 9.18 Å². The van der Waals surface area contributed by atoms with Gasteiger partial charge in [-0.15, -0.1) is 0 Å². The standard InChI is InChI=1S/C16H13BrFNO/c1-10(20)14-8-12(17)3-5-15(14)19-7-6-11-2-4-13(18)9-16(11)19/h2-5,8-9H,6-7H2,1H3. The largest absolute Gasteiger partial charge is 0.340 e. The molecule has 4 heteroatoms. The zero-order chi connectivity index (χ0) is 14.3. The number of halogens is 2. The van der Waals surface area contributed by atoms with Crippen LogP contribution < -0.4 is 4.90 Å². The van der Waals surface area contributed by atoms with E-state index in [-0.39, 0.29) is 11.6 Å². The maximum absolute atomic E-state index is 13.5. The second-order valence-corrected chi connectivity index (χ2v) is 5.81. The highest BCUT2D eigenvalue weighted by molar-refractivity contribution is 9.10. The lowest BCUT2D eigenvalue weighted by Crippen LogP contribution is -2.16. The summed E-state index contributed by atoms with van der Waals surface area (Å²) in [6, 6.07) is 10.5. The Hall–Kier alpha value is -1.68. The maximum Gasteiger partial charge on any atom is 0.161 e. The van der Waals surface area contributed by atoms with E-state index in [0.717, 1.165) is 34.4 Å². The molecule has 0 spiro atoms. The lowest BCUT2D eigenvalue weighted by molar-refractivity contribution is 0.101. The van der Waals surface area contributed by atoms with Crippen molar-refractivity contribution in [3.63, 3.8) is 0 Å². The van der Waals surface area contributed by atoms with Crippen LogP contribution in [0.25, 0.3) is 0 Å². The van der Waals surface area contributed by atoms with E-state index in [1.807, 2.05) is 29.2 Å². The van der Waals surface area contributed by atoms with E-state index in [1.54, 1.807) is 6.92 Å². The third-order valence-corrected chi connectivity index (χ3v) is 4.06. The summed E-state index contributed by atoms with van der Waals surface area (Å²) in [6.45, 7) is 2.31. The predicted octanol–water partition coefficient (Wildman–Crippen LogP) is 4.49. The number of hydrogen-bond acceptors (Lipinski definition) is 2. The van der Waals surface area contributed by atoms with Crippen molar-refractivity contribution in [3.8, 4) is 0 Å². The van der Waals surface area contributed by atoms with E-state index in [9.17, 15) is 9.18 Å². The van der Waals surface area contributed by atoms with E-state index < -0.39 is 0 Å². The molecule has 0 radical (unpaired) electrons. The van der Waals surface area contributed by atoms with Gasteiger partial charge in [-0.3, -0.25) is 4.79 Å². The van der Waals surface area contributed by atoms with Gasteiger partial charge in [-0.2, -0.15) is 0 Å². The minimum atomic E-state index is -0.253. The SMILES string of the molecule is CC(=O)c1cc(Br)ccc1N1CCc2ccc(F)cc21.